The molecule has 2 aromatic rings. The van der Waals surface area contributed by atoms with Gasteiger partial charge >= 0.3 is 0 Å². The molecule has 144 valence electrons. The molecule has 1 heterocycles. The van der Waals surface area contributed by atoms with Gasteiger partial charge < -0.3 is 10.2 Å². The van der Waals surface area contributed by atoms with Gasteiger partial charge in [-0.25, -0.2) is 8.42 Å². The fraction of sp³-hybridized carbons (Fsp3) is 0.350. The predicted molar refractivity (Wildman–Crippen MR) is 106 cm³/mol. The Balaban J connectivity index is 1.74. The van der Waals surface area contributed by atoms with E-state index in [1.54, 1.807) is 24.3 Å². The molecule has 1 aliphatic heterocycles. The van der Waals surface area contributed by atoms with E-state index >= 15 is 0 Å². The summed E-state index contributed by atoms with van der Waals surface area (Å²) in [4.78, 5) is 14.7. The van der Waals surface area contributed by atoms with Gasteiger partial charge in [-0.05, 0) is 63.2 Å². The third kappa shape index (κ3) is 4.48. The van der Waals surface area contributed by atoms with Crippen LogP contribution in [0.3, 0.4) is 0 Å². The highest BCUT2D eigenvalue weighted by atomic mass is 32.2. The van der Waals surface area contributed by atoms with Crippen molar-refractivity contribution in [2.45, 2.75) is 30.7 Å². The van der Waals surface area contributed by atoms with Crippen molar-refractivity contribution in [1.82, 2.24) is 10.2 Å². The Morgan fingerprint density at radius 2 is 1.78 bits per heavy atom. The zero-order chi connectivity index (χ0) is 19.4. The van der Waals surface area contributed by atoms with E-state index in [4.69, 9.17) is 0 Å². The normalized spacial score (nSPS) is 17.1. The number of anilines is 1. The highest BCUT2D eigenvalue weighted by Crippen LogP contribution is 2.21. The summed E-state index contributed by atoms with van der Waals surface area (Å²) in [6.07, 6.45) is 1.98. The molecule has 0 saturated carbocycles. The number of carbonyl (C=O) groups excluding carboxylic acids is 1. The molecule has 2 N–H and O–H groups in total. The number of likely N-dealkylation sites (N-methyl/N-ethyl adjacent to an activating group) is 1. The number of amides is 1. The Morgan fingerprint density at radius 3 is 2.41 bits per heavy atom. The summed E-state index contributed by atoms with van der Waals surface area (Å²) in [5.41, 5.74) is 2.07. The molecule has 1 atom stereocenters. The second-order valence-corrected chi connectivity index (χ2v) is 8.53. The van der Waals surface area contributed by atoms with E-state index in [1.165, 1.54) is 12.1 Å². The molecule has 1 fully saturated rings. The first-order valence-corrected chi connectivity index (χ1v) is 10.5. The first-order valence-electron chi connectivity index (χ1n) is 9.06. The van der Waals surface area contributed by atoms with Crippen molar-refractivity contribution in [1.29, 1.82) is 0 Å². The van der Waals surface area contributed by atoms with Gasteiger partial charge in [0.25, 0.3) is 15.9 Å². The number of likely N-dealkylation sites (tertiary alicyclic amines) is 1. The molecule has 1 unspecified atom stereocenters. The summed E-state index contributed by atoms with van der Waals surface area (Å²) in [7, 11) is -1.82. The topological polar surface area (TPSA) is 78.5 Å². The Bertz CT molecular complexity index is 893. The molecule has 0 aliphatic carbocycles. The summed E-state index contributed by atoms with van der Waals surface area (Å²) in [5, 5.41) is 3.12. The third-order valence-electron chi connectivity index (χ3n) is 4.79. The minimum absolute atomic E-state index is 0.0526. The van der Waals surface area contributed by atoms with E-state index in [0.717, 1.165) is 31.5 Å². The summed E-state index contributed by atoms with van der Waals surface area (Å²) >= 11 is 0. The van der Waals surface area contributed by atoms with Crippen molar-refractivity contribution in [3.8, 4) is 0 Å². The van der Waals surface area contributed by atoms with Crippen molar-refractivity contribution >= 4 is 21.6 Å². The van der Waals surface area contributed by atoms with E-state index in [0.29, 0.717) is 11.3 Å². The van der Waals surface area contributed by atoms with Crippen molar-refractivity contribution in [2.24, 2.45) is 0 Å². The molecule has 7 heteroatoms. The second kappa shape index (κ2) is 8.10. The Kier molecular flexibility index (Phi) is 5.82. The van der Waals surface area contributed by atoms with Crippen LogP contribution in [0.1, 0.15) is 28.8 Å². The van der Waals surface area contributed by atoms with Gasteiger partial charge in [0.15, 0.2) is 0 Å². The van der Waals surface area contributed by atoms with Gasteiger partial charge in [0.1, 0.15) is 0 Å². The van der Waals surface area contributed by atoms with Gasteiger partial charge in [0, 0.05) is 30.4 Å². The molecule has 0 radical (unpaired) electrons. The van der Waals surface area contributed by atoms with E-state index in [2.05, 4.69) is 10.0 Å². The number of benzene rings is 2. The van der Waals surface area contributed by atoms with Crippen LogP contribution in [0, 0.1) is 6.92 Å². The first-order chi connectivity index (χ1) is 12.9. The zero-order valence-electron chi connectivity index (χ0n) is 15.6. The van der Waals surface area contributed by atoms with Crippen molar-refractivity contribution in [3.05, 3.63) is 59.7 Å². The Hall–Kier alpha value is -2.38. The minimum Gasteiger partial charge on any atom is -0.334 e. The van der Waals surface area contributed by atoms with Crippen LogP contribution in [0.15, 0.2) is 53.4 Å². The number of rotatable bonds is 6. The van der Waals surface area contributed by atoms with Crippen molar-refractivity contribution in [3.63, 3.8) is 0 Å². The van der Waals surface area contributed by atoms with Crippen LogP contribution in [0.4, 0.5) is 5.69 Å². The SMILES string of the molecule is CNCC1CCCN1C(=O)c1ccc(S(=O)(=O)Nc2ccc(C)cc2)cc1. The smallest absolute Gasteiger partial charge is 0.261 e. The maximum Gasteiger partial charge on any atom is 0.261 e. The molecular formula is C20H25N3O3S. The monoisotopic (exact) mass is 387 g/mol. The number of nitrogens with one attached hydrogen (secondary N) is 2. The molecule has 3 rings (SSSR count). The predicted octanol–water partition coefficient (Wildman–Crippen LogP) is 2.62. The number of hydrogen-bond donors (Lipinski definition) is 2. The average Bonchev–Trinajstić information content (AvgIpc) is 3.11. The molecule has 0 aromatic heterocycles. The number of carbonyl (C=O) groups is 1. The molecule has 1 aliphatic rings. The van der Waals surface area contributed by atoms with Crippen LogP contribution in [0.5, 0.6) is 0 Å². The first kappa shape index (κ1) is 19.4. The average molecular weight is 388 g/mol. The fourth-order valence-corrected chi connectivity index (χ4v) is 4.39. The minimum atomic E-state index is -3.69. The van der Waals surface area contributed by atoms with E-state index in [1.807, 2.05) is 31.0 Å². The zero-order valence-corrected chi connectivity index (χ0v) is 16.4. The van der Waals surface area contributed by atoms with E-state index in [-0.39, 0.29) is 16.8 Å². The van der Waals surface area contributed by atoms with Crippen LogP contribution in [0.2, 0.25) is 0 Å². The third-order valence-corrected chi connectivity index (χ3v) is 6.19. The van der Waals surface area contributed by atoms with Crippen LogP contribution in [-0.2, 0) is 10.0 Å². The largest absolute Gasteiger partial charge is 0.334 e. The van der Waals surface area contributed by atoms with Crippen LogP contribution >= 0.6 is 0 Å². The summed E-state index contributed by atoms with van der Waals surface area (Å²) in [5.74, 6) is -0.0526. The van der Waals surface area contributed by atoms with Crippen molar-refractivity contribution < 1.29 is 13.2 Å². The lowest BCUT2D eigenvalue weighted by molar-refractivity contribution is 0.0737. The van der Waals surface area contributed by atoms with Gasteiger partial charge in [-0.3, -0.25) is 9.52 Å². The second-order valence-electron chi connectivity index (χ2n) is 6.85. The lowest BCUT2D eigenvalue weighted by Crippen LogP contribution is -2.40. The highest BCUT2D eigenvalue weighted by molar-refractivity contribution is 7.92. The van der Waals surface area contributed by atoms with Gasteiger partial charge in [0.05, 0.1) is 4.90 Å². The van der Waals surface area contributed by atoms with Crippen LogP contribution in [-0.4, -0.2) is 45.4 Å². The molecular weight excluding hydrogens is 362 g/mol. The lowest BCUT2D eigenvalue weighted by atomic mass is 10.1. The molecule has 0 spiro atoms. The number of sulfonamides is 1. The van der Waals surface area contributed by atoms with Crippen LogP contribution < -0.4 is 10.0 Å². The summed E-state index contributed by atoms with van der Waals surface area (Å²) in [6.45, 7) is 3.44. The number of nitrogens with zero attached hydrogens (tertiary/aromatic N) is 1. The number of aryl methyl sites for hydroxylation is 1. The van der Waals surface area contributed by atoms with E-state index < -0.39 is 10.0 Å². The maximum absolute atomic E-state index is 12.7. The highest BCUT2D eigenvalue weighted by Gasteiger charge is 2.29. The maximum atomic E-state index is 12.7. The molecule has 27 heavy (non-hydrogen) atoms. The Labute approximate surface area is 160 Å². The molecule has 6 nitrogen and oxygen atoms in total. The quantitative estimate of drug-likeness (QED) is 0.799. The number of hydrogen-bond acceptors (Lipinski definition) is 4. The fourth-order valence-electron chi connectivity index (χ4n) is 3.33. The summed E-state index contributed by atoms with van der Waals surface area (Å²) in [6, 6.07) is 13.4. The van der Waals surface area contributed by atoms with Gasteiger partial charge in [-0.2, -0.15) is 0 Å². The van der Waals surface area contributed by atoms with Crippen molar-refractivity contribution in [2.75, 3.05) is 24.9 Å². The molecule has 2 aromatic carbocycles. The van der Waals surface area contributed by atoms with Gasteiger partial charge in [-0.1, -0.05) is 17.7 Å². The molecule has 0 bridgehead atoms. The van der Waals surface area contributed by atoms with Gasteiger partial charge in [-0.15, -0.1) is 0 Å². The summed E-state index contributed by atoms with van der Waals surface area (Å²) < 4.78 is 27.7. The Morgan fingerprint density at radius 1 is 1.11 bits per heavy atom. The van der Waals surface area contributed by atoms with Gasteiger partial charge in [0.2, 0.25) is 0 Å². The molecule has 1 amide bonds. The molecule has 1 saturated heterocycles. The standard InChI is InChI=1S/C20H25N3O3S/c1-15-5-9-17(10-6-15)22-27(25,26)19-11-7-16(8-12-19)20(24)23-13-3-4-18(23)14-21-2/h5-12,18,21-22H,3-4,13-14H2,1-2H3. The lowest BCUT2D eigenvalue weighted by Gasteiger charge is -2.24. The van der Waals surface area contributed by atoms with Crippen LogP contribution in [0.25, 0.3) is 0 Å². The van der Waals surface area contributed by atoms with E-state index in [9.17, 15) is 13.2 Å².